The number of ether oxygens (including phenoxy) is 2. The summed E-state index contributed by atoms with van der Waals surface area (Å²) in [6, 6.07) is 20.0. The number of benzene rings is 3. The van der Waals surface area contributed by atoms with E-state index >= 15 is 0 Å². The molecule has 0 radical (unpaired) electrons. The van der Waals surface area contributed by atoms with Crippen molar-refractivity contribution in [1.29, 1.82) is 0 Å². The molecule has 2 fully saturated rings. The largest absolute Gasteiger partial charge is 0.497 e. The average Bonchev–Trinajstić information content (AvgIpc) is 3.44. The van der Waals surface area contributed by atoms with E-state index in [9.17, 15) is 19.2 Å². The SMILES string of the molecule is COc1ccc(N2C(=O)[C@@H]3[C@@H](C2=O)C2(O[C@H]3c3cccc(Br)c3)C(=O)c3ccccc3C2=O)cc1. The monoisotopic (exact) mass is 531 g/mol. The molecule has 3 aliphatic rings. The van der Waals surface area contributed by atoms with Crippen molar-refractivity contribution < 1.29 is 28.7 Å². The lowest BCUT2D eigenvalue weighted by Gasteiger charge is -2.27. The van der Waals surface area contributed by atoms with Gasteiger partial charge < -0.3 is 9.47 Å². The second-order valence-corrected chi connectivity index (χ2v) is 9.66. The zero-order valence-electron chi connectivity index (χ0n) is 18.4. The number of carbonyl (C=O) groups excluding carboxylic acids is 4. The van der Waals surface area contributed by atoms with Crippen LogP contribution in [0.5, 0.6) is 5.75 Å². The lowest BCUT2D eigenvalue weighted by Crippen LogP contribution is -2.51. The Morgan fingerprint density at radius 1 is 0.857 bits per heavy atom. The van der Waals surface area contributed by atoms with Crippen molar-refractivity contribution in [2.24, 2.45) is 11.8 Å². The first-order valence-electron chi connectivity index (χ1n) is 11.0. The van der Waals surface area contributed by atoms with Crippen LogP contribution in [0.1, 0.15) is 32.4 Å². The van der Waals surface area contributed by atoms with Crippen molar-refractivity contribution >= 4 is 45.0 Å². The summed E-state index contributed by atoms with van der Waals surface area (Å²) in [7, 11) is 1.52. The van der Waals surface area contributed by atoms with Gasteiger partial charge in [0, 0.05) is 15.6 Å². The number of fused-ring (bicyclic) bond motifs is 3. The number of amides is 2. The summed E-state index contributed by atoms with van der Waals surface area (Å²) in [6.07, 6.45) is -0.959. The molecule has 35 heavy (non-hydrogen) atoms. The fourth-order valence-corrected chi connectivity index (χ4v) is 5.90. The van der Waals surface area contributed by atoms with Gasteiger partial charge in [0.15, 0.2) is 0 Å². The smallest absolute Gasteiger partial charge is 0.241 e. The maximum atomic E-state index is 13.9. The van der Waals surface area contributed by atoms with E-state index in [1.54, 1.807) is 66.7 Å². The van der Waals surface area contributed by atoms with Crippen molar-refractivity contribution in [3.8, 4) is 5.75 Å². The van der Waals surface area contributed by atoms with Crippen LogP contribution in [-0.2, 0) is 14.3 Å². The molecule has 3 aromatic carbocycles. The van der Waals surface area contributed by atoms with Crippen molar-refractivity contribution in [1.82, 2.24) is 0 Å². The summed E-state index contributed by atoms with van der Waals surface area (Å²) in [5.41, 5.74) is -0.743. The molecule has 3 atom stereocenters. The highest BCUT2D eigenvalue weighted by molar-refractivity contribution is 9.10. The van der Waals surface area contributed by atoms with Gasteiger partial charge >= 0.3 is 0 Å². The molecule has 174 valence electrons. The van der Waals surface area contributed by atoms with Crippen molar-refractivity contribution in [3.05, 3.63) is 94.0 Å². The highest BCUT2D eigenvalue weighted by Gasteiger charge is 2.74. The number of imide groups is 1. The highest BCUT2D eigenvalue weighted by atomic mass is 79.9. The molecular formula is C27H18BrNO6. The van der Waals surface area contributed by atoms with E-state index < -0.39 is 46.9 Å². The lowest BCUT2D eigenvalue weighted by molar-refractivity contribution is -0.127. The Morgan fingerprint density at radius 3 is 2.11 bits per heavy atom. The Kier molecular flexibility index (Phi) is 4.81. The van der Waals surface area contributed by atoms with Gasteiger partial charge in [0.25, 0.3) is 0 Å². The van der Waals surface area contributed by atoms with Crippen LogP contribution in [0.2, 0.25) is 0 Å². The Bertz CT molecular complexity index is 1400. The molecule has 0 aromatic heterocycles. The number of ketones is 2. The van der Waals surface area contributed by atoms with E-state index in [1.807, 2.05) is 6.07 Å². The second kappa shape index (κ2) is 7.69. The van der Waals surface area contributed by atoms with Crippen LogP contribution in [-0.4, -0.2) is 36.1 Å². The molecule has 8 heteroatoms. The maximum absolute atomic E-state index is 13.9. The minimum Gasteiger partial charge on any atom is -0.497 e. The number of carbonyl (C=O) groups is 4. The summed E-state index contributed by atoms with van der Waals surface area (Å²) >= 11 is 3.43. The summed E-state index contributed by atoms with van der Waals surface area (Å²) in [5, 5.41) is 0. The molecule has 0 bridgehead atoms. The minimum absolute atomic E-state index is 0.203. The highest BCUT2D eigenvalue weighted by Crippen LogP contribution is 2.57. The third kappa shape index (κ3) is 2.87. The number of rotatable bonds is 3. The first-order chi connectivity index (χ1) is 16.9. The summed E-state index contributed by atoms with van der Waals surface area (Å²) in [6.45, 7) is 0. The van der Waals surface area contributed by atoms with Crippen molar-refractivity contribution in [2.75, 3.05) is 12.0 Å². The number of nitrogens with zero attached hydrogens (tertiary/aromatic N) is 1. The molecule has 2 saturated heterocycles. The average molecular weight is 532 g/mol. The van der Waals surface area contributed by atoms with Crippen LogP contribution in [0.15, 0.2) is 77.3 Å². The van der Waals surface area contributed by atoms with Gasteiger partial charge in [-0.1, -0.05) is 52.3 Å². The predicted octanol–water partition coefficient (Wildman–Crippen LogP) is 4.15. The zero-order valence-corrected chi connectivity index (χ0v) is 20.0. The van der Waals surface area contributed by atoms with Gasteiger partial charge in [-0.25, -0.2) is 4.90 Å². The van der Waals surface area contributed by atoms with Gasteiger partial charge in [0.2, 0.25) is 29.0 Å². The Hall–Kier alpha value is -3.62. The molecule has 0 N–H and O–H groups in total. The molecule has 1 aliphatic carbocycles. The maximum Gasteiger partial charge on any atom is 0.241 e. The van der Waals surface area contributed by atoms with Crippen LogP contribution >= 0.6 is 15.9 Å². The quantitative estimate of drug-likeness (QED) is 0.372. The number of hydrogen-bond acceptors (Lipinski definition) is 6. The second-order valence-electron chi connectivity index (χ2n) is 8.75. The molecule has 3 aromatic rings. The number of methoxy groups -OCH3 is 1. The van der Waals surface area contributed by atoms with Gasteiger partial charge in [0.1, 0.15) is 5.75 Å². The Morgan fingerprint density at radius 2 is 1.51 bits per heavy atom. The van der Waals surface area contributed by atoms with Crippen molar-refractivity contribution in [3.63, 3.8) is 0 Å². The van der Waals surface area contributed by atoms with Crippen LogP contribution in [0.4, 0.5) is 5.69 Å². The summed E-state index contributed by atoms with van der Waals surface area (Å²) < 4.78 is 12.2. The topological polar surface area (TPSA) is 90.0 Å². The van der Waals surface area contributed by atoms with E-state index in [0.29, 0.717) is 17.0 Å². The standard InChI is InChI=1S/C27H18BrNO6/c1-34-17-11-9-16(10-12-17)29-25(32)20-21(26(29)33)27(35-22(20)14-5-4-6-15(28)13-14)23(30)18-7-2-3-8-19(18)24(27)31/h2-13,20-22H,1H3/t20-,21+,22+/m1/s1. The third-order valence-electron chi connectivity index (χ3n) is 7.03. The molecule has 2 heterocycles. The van der Waals surface area contributed by atoms with Gasteiger partial charge in [-0.05, 0) is 42.0 Å². The van der Waals surface area contributed by atoms with E-state index in [-0.39, 0.29) is 11.1 Å². The van der Waals surface area contributed by atoms with E-state index in [0.717, 1.165) is 9.37 Å². The first kappa shape index (κ1) is 21.9. The first-order valence-corrected chi connectivity index (χ1v) is 11.8. The zero-order chi connectivity index (χ0) is 24.5. The molecule has 7 nitrogen and oxygen atoms in total. The minimum atomic E-state index is -2.09. The van der Waals surface area contributed by atoms with Crippen LogP contribution in [0, 0.1) is 11.8 Å². The van der Waals surface area contributed by atoms with Crippen LogP contribution in [0.25, 0.3) is 0 Å². The third-order valence-corrected chi connectivity index (χ3v) is 7.52. The molecule has 0 unspecified atom stereocenters. The summed E-state index contributed by atoms with van der Waals surface area (Å²) in [5.74, 6) is -4.06. The van der Waals surface area contributed by atoms with Crippen LogP contribution in [0.3, 0.4) is 0 Å². The Labute approximate surface area is 208 Å². The van der Waals surface area contributed by atoms with Gasteiger partial charge in [-0.15, -0.1) is 0 Å². The fraction of sp³-hybridized carbons (Fsp3) is 0.185. The number of Topliss-reactive ketones (excluding diaryl/α,β-unsaturated/α-hetero) is 2. The fourth-order valence-electron chi connectivity index (χ4n) is 5.49. The predicted molar refractivity (Wildman–Crippen MR) is 128 cm³/mol. The lowest BCUT2D eigenvalue weighted by atomic mass is 9.77. The van der Waals surface area contributed by atoms with E-state index in [4.69, 9.17) is 9.47 Å². The van der Waals surface area contributed by atoms with Crippen LogP contribution < -0.4 is 9.64 Å². The molecule has 2 amide bonds. The molecule has 0 saturated carbocycles. The van der Waals surface area contributed by atoms with E-state index in [2.05, 4.69) is 15.9 Å². The normalized spacial score (nSPS) is 24.3. The molecular weight excluding hydrogens is 514 g/mol. The van der Waals surface area contributed by atoms with Crippen molar-refractivity contribution in [2.45, 2.75) is 11.7 Å². The molecule has 1 spiro atoms. The molecule has 2 aliphatic heterocycles. The van der Waals surface area contributed by atoms with Gasteiger partial charge in [-0.2, -0.15) is 0 Å². The van der Waals surface area contributed by atoms with Gasteiger partial charge in [-0.3, -0.25) is 19.2 Å². The van der Waals surface area contributed by atoms with Gasteiger partial charge in [0.05, 0.1) is 30.7 Å². The number of halogens is 1. The number of anilines is 1. The van der Waals surface area contributed by atoms with E-state index in [1.165, 1.54) is 7.11 Å². The number of hydrogen-bond donors (Lipinski definition) is 0. The molecule has 6 rings (SSSR count). The Balaban J connectivity index is 1.53. The summed E-state index contributed by atoms with van der Waals surface area (Å²) in [4.78, 5) is 56.2.